The minimum absolute atomic E-state index is 0.155. The first-order valence-corrected chi connectivity index (χ1v) is 8.15. The normalized spacial score (nSPS) is 21.0. The van der Waals surface area contributed by atoms with E-state index in [1.165, 1.54) is 0 Å². The Morgan fingerprint density at radius 3 is 2.67 bits per heavy atom. The average Bonchev–Trinajstić information content (AvgIpc) is 2.81. The second kappa shape index (κ2) is 6.02. The minimum atomic E-state index is -0.572. The van der Waals surface area contributed by atoms with Crippen LogP contribution in [0.4, 0.5) is 0 Å². The van der Waals surface area contributed by atoms with E-state index in [2.05, 4.69) is 5.32 Å². The zero-order valence-electron chi connectivity index (χ0n) is 14.2. The maximum atomic E-state index is 12.7. The maximum Gasteiger partial charge on any atom is 0.255 e. The van der Waals surface area contributed by atoms with Crippen molar-refractivity contribution >= 4 is 17.7 Å². The first-order chi connectivity index (χ1) is 11.2. The Labute approximate surface area is 141 Å². The number of nitrogens with zero attached hydrogens (tertiary/aromatic N) is 1. The molecule has 2 aliphatic rings. The number of carbonyl (C=O) groups excluding carboxylic acids is 3. The predicted octanol–water partition coefficient (Wildman–Crippen LogP) is 1.76. The van der Waals surface area contributed by atoms with Gasteiger partial charge in [-0.25, -0.2) is 0 Å². The quantitative estimate of drug-likeness (QED) is 0.857. The number of piperidine rings is 1. The monoisotopic (exact) mass is 330 g/mol. The molecule has 6 heteroatoms. The van der Waals surface area contributed by atoms with Crippen LogP contribution in [-0.2, 0) is 27.5 Å². The van der Waals surface area contributed by atoms with E-state index in [0.717, 1.165) is 11.1 Å². The molecule has 3 rings (SSSR count). The second-order valence-corrected chi connectivity index (χ2v) is 7.29. The SMILES string of the molecule is CC(C)(C)OCc1ccc2c(c1)C(=O)N(C1CCC(=O)NC1=O)C2. The Morgan fingerprint density at radius 2 is 2.00 bits per heavy atom. The van der Waals surface area contributed by atoms with Gasteiger partial charge >= 0.3 is 0 Å². The summed E-state index contributed by atoms with van der Waals surface area (Å²) in [5, 5.41) is 2.31. The molecule has 1 unspecified atom stereocenters. The molecule has 24 heavy (non-hydrogen) atoms. The van der Waals surface area contributed by atoms with Crippen LogP contribution < -0.4 is 5.32 Å². The molecule has 3 amide bonds. The van der Waals surface area contributed by atoms with Crippen molar-refractivity contribution in [3.05, 3.63) is 34.9 Å². The van der Waals surface area contributed by atoms with Crippen LogP contribution in [0.5, 0.6) is 0 Å². The number of imide groups is 1. The van der Waals surface area contributed by atoms with E-state index in [-0.39, 0.29) is 29.7 Å². The van der Waals surface area contributed by atoms with Gasteiger partial charge in [0.25, 0.3) is 5.91 Å². The molecule has 0 bridgehead atoms. The molecule has 1 atom stereocenters. The van der Waals surface area contributed by atoms with Crippen molar-refractivity contribution in [2.75, 3.05) is 0 Å². The van der Waals surface area contributed by atoms with Crippen LogP contribution in [-0.4, -0.2) is 34.3 Å². The highest BCUT2D eigenvalue weighted by Crippen LogP contribution is 2.28. The summed E-state index contributed by atoms with van der Waals surface area (Å²) >= 11 is 0. The van der Waals surface area contributed by atoms with Crippen molar-refractivity contribution in [1.29, 1.82) is 0 Å². The van der Waals surface area contributed by atoms with Crippen molar-refractivity contribution in [1.82, 2.24) is 10.2 Å². The van der Waals surface area contributed by atoms with Gasteiger partial charge in [0, 0.05) is 18.5 Å². The van der Waals surface area contributed by atoms with E-state index < -0.39 is 6.04 Å². The molecule has 1 aromatic carbocycles. The summed E-state index contributed by atoms with van der Waals surface area (Å²) < 4.78 is 5.76. The summed E-state index contributed by atoms with van der Waals surface area (Å²) in [6.45, 7) is 6.78. The largest absolute Gasteiger partial charge is 0.371 e. The molecule has 1 aromatic rings. The molecule has 128 valence electrons. The standard InChI is InChI=1S/C18H22N2O4/c1-18(2,3)24-10-11-4-5-12-9-20(17(23)13(12)8-11)14-6-7-15(21)19-16(14)22/h4-5,8,14H,6-7,9-10H2,1-3H3,(H,19,21,22). The van der Waals surface area contributed by atoms with Gasteiger partial charge in [-0.05, 0) is 44.4 Å². The Kier molecular flexibility index (Phi) is 4.17. The third kappa shape index (κ3) is 3.33. The third-order valence-corrected chi connectivity index (χ3v) is 4.26. The molecule has 6 nitrogen and oxygen atoms in total. The highest BCUT2D eigenvalue weighted by atomic mass is 16.5. The Balaban J connectivity index is 1.76. The number of benzene rings is 1. The highest BCUT2D eigenvalue weighted by molar-refractivity contribution is 6.05. The van der Waals surface area contributed by atoms with Gasteiger partial charge in [0.1, 0.15) is 6.04 Å². The van der Waals surface area contributed by atoms with Crippen molar-refractivity contribution in [3.8, 4) is 0 Å². The minimum Gasteiger partial charge on any atom is -0.371 e. The Bertz CT molecular complexity index is 705. The average molecular weight is 330 g/mol. The van der Waals surface area contributed by atoms with E-state index in [1.54, 1.807) is 4.90 Å². The molecule has 0 spiro atoms. The third-order valence-electron chi connectivity index (χ3n) is 4.26. The summed E-state index contributed by atoms with van der Waals surface area (Å²) in [5.74, 6) is -0.817. The second-order valence-electron chi connectivity index (χ2n) is 7.29. The number of hydrogen-bond donors (Lipinski definition) is 1. The Hall–Kier alpha value is -2.21. The molecular weight excluding hydrogens is 308 g/mol. The summed E-state index contributed by atoms with van der Waals surface area (Å²) in [4.78, 5) is 37.6. The number of rotatable bonds is 3. The van der Waals surface area contributed by atoms with Crippen molar-refractivity contribution in [2.24, 2.45) is 0 Å². The maximum absolute atomic E-state index is 12.7. The van der Waals surface area contributed by atoms with Crippen LogP contribution in [0.1, 0.15) is 55.1 Å². The van der Waals surface area contributed by atoms with Gasteiger partial charge in [-0.15, -0.1) is 0 Å². The summed E-state index contributed by atoms with van der Waals surface area (Å²) in [6.07, 6.45) is 0.644. The van der Waals surface area contributed by atoms with Gasteiger partial charge in [0.05, 0.1) is 12.2 Å². The van der Waals surface area contributed by atoms with Crippen LogP contribution in [0.3, 0.4) is 0 Å². The Morgan fingerprint density at radius 1 is 1.25 bits per heavy atom. The summed E-state index contributed by atoms with van der Waals surface area (Å²) in [7, 11) is 0. The molecule has 0 aliphatic carbocycles. The zero-order chi connectivity index (χ0) is 17.5. The predicted molar refractivity (Wildman–Crippen MR) is 87.0 cm³/mol. The van der Waals surface area contributed by atoms with Crippen molar-refractivity contribution < 1.29 is 19.1 Å². The van der Waals surface area contributed by atoms with Gasteiger partial charge in [-0.3, -0.25) is 19.7 Å². The number of amides is 3. The number of hydrogen-bond acceptors (Lipinski definition) is 4. The zero-order valence-corrected chi connectivity index (χ0v) is 14.2. The van der Waals surface area contributed by atoms with Crippen molar-refractivity contribution in [3.63, 3.8) is 0 Å². The highest BCUT2D eigenvalue weighted by Gasteiger charge is 2.39. The molecule has 0 radical (unpaired) electrons. The van der Waals surface area contributed by atoms with E-state index >= 15 is 0 Å². The van der Waals surface area contributed by atoms with Gasteiger partial charge in [0.15, 0.2) is 0 Å². The molecule has 1 fully saturated rings. The van der Waals surface area contributed by atoms with Gasteiger partial charge in [-0.2, -0.15) is 0 Å². The van der Waals surface area contributed by atoms with E-state index in [1.807, 2.05) is 39.0 Å². The van der Waals surface area contributed by atoms with Gasteiger partial charge in [-0.1, -0.05) is 12.1 Å². The smallest absolute Gasteiger partial charge is 0.255 e. The lowest BCUT2D eigenvalue weighted by molar-refractivity contribution is -0.136. The molecule has 1 saturated heterocycles. The lowest BCUT2D eigenvalue weighted by Crippen LogP contribution is -2.52. The number of nitrogens with one attached hydrogen (secondary N) is 1. The van der Waals surface area contributed by atoms with Gasteiger partial charge < -0.3 is 9.64 Å². The topological polar surface area (TPSA) is 75.7 Å². The van der Waals surface area contributed by atoms with Crippen LogP contribution in [0.2, 0.25) is 0 Å². The first kappa shape index (κ1) is 16.6. The fraction of sp³-hybridized carbons (Fsp3) is 0.500. The fourth-order valence-corrected chi connectivity index (χ4v) is 2.99. The summed E-state index contributed by atoms with van der Waals surface area (Å²) in [6, 6.07) is 5.14. The number of carbonyl (C=O) groups is 3. The number of fused-ring (bicyclic) bond motifs is 1. The van der Waals surface area contributed by atoms with E-state index in [9.17, 15) is 14.4 Å². The molecule has 2 aliphatic heterocycles. The lowest BCUT2D eigenvalue weighted by Gasteiger charge is -2.29. The van der Waals surface area contributed by atoms with E-state index in [4.69, 9.17) is 4.74 Å². The van der Waals surface area contributed by atoms with Crippen LogP contribution in [0.15, 0.2) is 18.2 Å². The van der Waals surface area contributed by atoms with Crippen LogP contribution in [0, 0.1) is 0 Å². The molecule has 0 saturated carbocycles. The molecular formula is C18H22N2O4. The fourth-order valence-electron chi connectivity index (χ4n) is 2.99. The van der Waals surface area contributed by atoms with Gasteiger partial charge in [0.2, 0.25) is 11.8 Å². The van der Waals surface area contributed by atoms with Crippen LogP contribution in [0.25, 0.3) is 0 Å². The van der Waals surface area contributed by atoms with Crippen LogP contribution >= 0.6 is 0 Å². The molecule has 2 heterocycles. The van der Waals surface area contributed by atoms with E-state index in [0.29, 0.717) is 25.1 Å². The van der Waals surface area contributed by atoms with Crippen molar-refractivity contribution in [2.45, 2.75) is 58.4 Å². The molecule has 1 N–H and O–H groups in total. The summed E-state index contributed by atoms with van der Waals surface area (Å²) in [5.41, 5.74) is 2.21. The lowest BCUT2D eigenvalue weighted by atomic mass is 10.0. The number of ether oxygens (including phenoxy) is 1. The molecule has 0 aromatic heterocycles. The first-order valence-electron chi connectivity index (χ1n) is 8.15.